The molecule has 1 aromatic carbocycles. The lowest BCUT2D eigenvalue weighted by atomic mass is 9.98. The van der Waals surface area contributed by atoms with E-state index in [0.717, 1.165) is 17.9 Å². The van der Waals surface area contributed by atoms with Crippen LogP contribution < -0.4 is 0 Å². The van der Waals surface area contributed by atoms with E-state index in [9.17, 15) is 5.11 Å². The average molecular weight is 252 g/mol. The monoisotopic (exact) mass is 252 g/mol. The predicted molar refractivity (Wildman–Crippen MR) is 77.8 cm³/mol. The second-order valence-corrected chi connectivity index (χ2v) is 6.23. The van der Waals surface area contributed by atoms with Crippen LogP contribution in [0.3, 0.4) is 0 Å². The van der Waals surface area contributed by atoms with Crippen LogP contribution in [0.15, 0.2) is 18.2 Å². The van der Waals surface area contributed by atoms with Crippen LogP contribution in [0, 0.1) is 19.8 Å². The van der Waals surface area contributed by atoms with Crippen molar-refractivity contribution in [2.24, 2.45) is 5.92 Å². The number of aliphatic hydroxyl groups excluding tert-OH is 1. The number of hydrogen-bond donors (Lipinski definition) is 1. The molecule has 1 unspecified atom stereocenters. The zero-order chi connectivity index (χ0) is 12.8. The molecule has 0 saturated carbocycles. The molecule has 1 atom stereocenters. The maximum absolute atomic E-state index is 10.0. The lowest BCUT2D eigenvalue weighted by molar-refractivity contribution is 0.199. The van der Waals surface area contributed by atoms with Gasteiger partial charge in [-0.05, 0) is 48.6 Å². The molecule has 96 valence electrons. The van der Waals surface area contributed by atoms with Gasteiger partial charge < -0.3 is 5.11 Å². The minimum atomic E-state index is -0.224. The summed E-state index contributed by atoms with van der Waals surface area (Å²) in [4.78, 5) is 0. The van der Waals surface area contributed by atoms with Crippen molar-refractivity contribution in [3.63, 3.8) is 0 Å². The highest BCUT2D eigenvalue weighted by Crippen LogP contribution is 2.17. The highest BCUT2D eigenvalue weighted by Gasteiger charge is 2.10. The van der Waals surface area contributed by atoms with Crippen molar-refractivity contribution in [2.45, 2.75) is 40.2 Å². The van der Waals surface area contributed by atoms with Crippen LogP contribution in [0.2, 0.25) is 0 Å². The van der Waals surface area contributed by atoms with E-state index in [-0.39, 0.29) is 6.10 Å². The zero-order valence-electron chi connectivity index (χ0n) is 11.4. The van der Waals surface area contributed by atoms with Crippen molar-refractivity contribution < 1.29 is 5.11 Å². The number of hydrogen-bond acceptors (Lipinski definition) is 2. The van der Waals surface area contributed by atoms with E-state index >= 15 is 0 Å². The number of aryl methyl sites for hydroxylation is 2. The van der Waals surface area contributed by atoms with Gasteiger partial charge in [0.2, 0.25) is 0 Å². The summed E-state index contributed by atoms with van der Waals surface area (Å²) in [7, 11) is 0. The third kappa shape index (κ3) is 5.13. The molecule has 0 fully saturated rings. The van der Waals surface area contributed by atoms with Crippen molar-refractivity contribution in [3.8, 4) is 0 Å². The number of thioether (sulfide) groups is 1. The molecule has 17 heavy (non-hydrogen) atoms. The van der Waals surface area contributed by atoms with Gasteiger partial charge in [0.25, 0.3) is 0 Å². The highest BCUT2D eigenvalue weighted by atomic mass is 32.2. The van der Waals surface area contributed by atoms with Gasteiger partial charge in [-0.1, -0.05) is 32.0 Å². The SMILES string of the molecule is Cc1cccc(C)c1CC(O)CSCC(C)C. The highest BCUT2D eigenvalue weighted by molar-refractivity contribution is 7.99. The molecule has 0 amide bonds. The Morgan fingerprint density at radius 3 is 2.24 bits per heavy atom. The summed E-state index contributed by atoms with van der Waals surface area (Å²) in [5.41, 5.74) is 3.89. The molecule has 0 spiro atoms. The Labute approximate surface area is 110 Å². The summed E-state index contributed by atoms with van der Waals surface area (Å²) in [6.07, 6.45) is 0.558. The maximum Gasteiger partial charge on any atom is 0.0671 e. The van der Waals surface area contributed by atoms with E-state index < -0.39 is 0 Å². The van der Waals surface area contributed by atoms with Crippen molar-refractivity contribution in [1.82, 2.24) is 0 Å². The smallest absolute Gasteiger partial charge is 0.0671 e. The molecule has 0 aliphatic carbocycles. The average Bonchev–Trinajstić information content (AvgIpc) is 2.23. The molecule has 1 nitrogen and oxygen atoms in total. The Hall–Kier alpha value is -0.470. The Morgan fingerprint density at radius 2 is 1.71 bits per heavy atom. The molecule has 1 N–H and O–H groups in total. The molecule has 0 aliphatic heterocycles. The molecule has 0 heterocycles. The van der Waals surface area contributed by atoms with Crippen LogP contribution in [-0.4, -0.2) is 22.7 Å². The fraction of sp³-hybridized carbons (Fsp3) is 0.600. The first-order valence-electron chi connectivity index (χ1n) is 6.31. The summed E-state index contributed by atoms with van der Waals surface area (Å²) in [6, 6.07) is 6.32. The van der Waals surface area contributed by atoms with Gasteiger partial charge in [-0.25, -0.2) is 0 Å². The summed E-state index contributed by atoms with van der Waals surface area (Å²) < 4.78 is 0. The lowest BCUT2D eigenvalue weighted by Crippen LogP contribution is -2.16. The quantitative estimate of drug-likeness (QED) is 0.835. The number of benzene rings is 1. The molecular formula is C15H24OS. The standard InChI is InChI=1S/C15H24OS/c1-11(2)9-17-10-14(16)8-15-12(3)6-5-7-13(15)4/h5-7,11,14,16H,8-10H2,1-4H3. The zero-order valence-corrected chi connectivity index (χ0v) is 12.2. The maximum atomic E-state index is 10.0. The van der Waals surface area contributed by atoms with Crippen LogP contribution in [0.1, 0.15) is 30.5 Å². The molecule has 1 rings (SSSR count). The minimum Gasteiger partial charge on any atom is -0.392 e. The minimum absolute atomic E-state index is 0.224. The lowest BCUT2D eigenvalue weighted by Gasteiger charge is -2.15. The van der Waals surface area contributed by atoms with Gasteiger partial charge in [0.1, 0.15) is 0 Å². The second-order valence-electron chi connectivity index (χ2n) is 5.16. The van der Waals surface area contributed by atoms with Gasteiger partial charge in [0.15, 0.2) is 0 Å². The summed E-state index contributed by atoms with van der Waals surface area (Å²) in [5.74, 6) is 2.67. The fourth-order valence-corrected chi connectivity index (χ4v) is 2.90. The van der Waals surface area contributed by atoms with Gasteiger partial charge in [-0.15, -0.1) is 0 Å². The van der Waals surface area contributed by atoms with E-state index in [1.54, 1.807) is 0 Å². The molecule has 0 aromatic heterocycles. The largest absolute Gasteiger partial charge is 0.392 e. The van der Waals surface area contributed by atoms with E-state index in [4.69, 9.17) is 0 Å². The first-order valence-corrected chi connectivity index (χ1v) is 7.47. The van der Waals surface area contributed by atoms with Crippen LogP contribution in [-0.2, 0) is 6.42 Å². The normalized spacial score (nSPS) is 13.1. The van der Waals surface area contributed by atoms with Crippen LogP contribution in [0.4, 0.5) is 0 Å². The van der Waals surface area contributed by atoms with E-state index in [1.807, 2.05) is 11.8 Å². The van der Waals surface area contributed by atoms with Crippen molar-refractivity contribution in [2.75, 3.05) is 11.5 Å². The third-order valence-corrected chi connectivity index (χ3v) is 4.37. The first-order chi connectivity index (χ1) is 8.00. The van der Waals surface area contributed by atoms with Gasteiger partial charge in [-0.2, -0.15) is 11.8 Å². The Balaban J connectivity index is 2.47. The molecular weight excluding hydrogens is 228 g/mol. The predicted octanol–water partition coefficient (Wildman–Crippen LogP) is 3.60. The summed E-state index contributed by atoms with van der Waals surface area (Å²) in [5, 5.41) is 10.0. The van der Waals surface area contributed by atoms with Crippen LogP contribution in [0.25, 0.3) is 0 Å². The van der Waals surface area contributed by atoms with Crippen molar-refractivity contribution in [3.05, 3.63) is 34.9 Å². The van der Waals surface area contributed by atoms with E-state index in [2.05, 4.69) is 45.9 Å². The fourth-order valence-electron chi connectivity index (χ4n) is 1.91. The molecule has 2 heteroatoms. The first kappa shape index (κ1) is 14.6. The number of aliphatic hydroxyl groups is 1. The van der Waals surface area contributed by atoms with E-state index in [1.165, 1.54) is 16.7 Å². The van der Waals surface area contributed by atoms with Gasteiger partial charge in [-0.3, -0.25) is 0 Å². The second kappa shape index (κ2) is 7.07. The molecule has 0 radical (unpaired) electrons. The Kier molecular flexibility index (Phi) is 6.07. The molecule has 0 saturated heterocycles. The van der Waals surface area contributed by atoms with E-state index in [0.29, 0.717) is 5.92 Å². The molecule has 0 aliphatic rings. The third-order valence-electron chi connectivity index (χ3n) is 2.85. The number of rotatable bonds is 6. The van der Waals surface area contributed by atoms with Gasteiger partial charge in [0.05, 0.1) is 6.10 Å². The van der Waals surface area contributed by atoms with Crippen LogP contribution in [0.5, 0.6) is 0 Å². The molecule has 1 aromatic rings. The Morgan fingerprint density at radius 1 is 1.12 bits per heavy atom. The van der Waals surface area contributed by atoms with Gasteiger partial charge >= 0.3 is 0 Å². The van der Waals surface area contributed by atoms with Crippen molar-refractivity contribution in [1.29, 1.82) is 0 Å². The van der Waals surface area contributed by atoms with Crippen LogP contribution >= 0.6 is 11.8 Å². The topological polar surface area (TPSA) is 20.2 Å². The molecule has 0 bridgehead atoms. The summed E-state index contributed by atoms with van der Waals surface area (Å²) >= 11 is 1.85. The Bertz CT molecular complexity index is 327. The van der Waals surface area contributed by atoms with Gasteiger partial charge in [0, 0.05) is 5.75 Å². The summed E-state index contributed by atoms with van der Waals surface area (Å²) in [6.45, 7) is 8.67. The van der Waals surface area contributed by atoms with Crippen molar-refractivity contribution >= 4 is 11.8 Å².